The first-order valence-corrected chi connectivity index (χ1v) is 3.55. The maximum absolute atomic E-state index is 12.4. The smallest absolute Gasteiger partial charge is 0.142 e. The monoisotopic (exact) mass is 210 g/mol. The molecule has 0 aliphatic heterocycles. The minimum absolute atomic E-state index is 0. The van der Waals surface area contributed by atoms with Gasteiger partial charge in [0, 0.05) is 6.04 Å². The Morgan fingerprint density at radius 3 is 2.67 bits per heavy atom. The molecule has 0 bridgehead atoms. The first-order chi connectivity index (χ1) is 5.11. The van der Waals surface area contributed by atoms with E-state index in [1.165, 1.54) is 6.07 Å². The van der Waals surface area contributed by atoms with Gasteiger partial charge in [-0.05, 0) is 13.0 Å². The van der Waals surface area contributed by atoms with Crippen molar-refractivity contribution in [1.29, 1.82) is 0 Å². The van der Waals surface area contributed by atoms with Crippen molar-refractivity contribution in [2.24, 2.45) is 5.73 Å². The Hall–Kier alpha value is -0.380. The molecule has 1 aromatic heterocycles. The quantitative estimate of drug-likeness (QED) is 0.773. The second-order valence-corrected chi connectivity index (χ2v) is 2.72. The largest absolute Gasteiger partial charge is 0.323 e. The number of nitrogens with two attached hydrogens (primary N) is 1. The number of hydrogen-bond donors (Lipinski definition) is 1. The molecule has 0 fully saturated rings. The minimum atomic E-state index is -0.445. The molecule has 1 rings (SSSR count). The standard InChI is InChI=1S/C7H8ClFN2.ClH/c1-4(10)7-6(8)2-5(9)3-11-7;/h2-4H,10H2,1H3;1H. The molecule has 0 amide bonds. The lowest BCUT2D eigenvalue weighted by Crippen LogP contribution is -2.08. The van der Waals surface area contributed by atoms with Gasteiger partial charge in [-0.25, -0.2) is 4.39 Å². The number of halogens is 3. The second-order valence-electron chi connectivity index (χ2n) is 2.31. The molecule has 1 heterocycles. The van der Waals surface area contributed by atoms with E-state index in [1.807, 2.05) is 0 Å². The molecule has 12 heavy (non-hydrogen) atoms. The van der Waals surface area contributed by atoms with Crippen molar-refractivity contribution < 1.29 is 4.39 Å². The van der Waals surface area contributed by atoms with Gasteiger partial charge in [-0.3, -0.25) is 4.98 Å². The van der Waals surface area contributed by atoms with Gasteiger partial charge in [-0.2, -0.15) is 0 Å². The first-order valence-electron chi connectivity index (χ1n) is 3.18. The molecule has 0 aliphatic rings. The van der Waals surface area contributed by atoms with E-state index >= 15 is 0 Å². The topological polar surface area (TPSA) is 38.9 Å². The number of pyridine rings is 1. The second kappa shape index (κ2) is 4.60. The van der Waals surface area contributed by atoms with Gasteiger partial charge in [0.25, 0.3) is 0 Å². The van der Waals surface area contributed by atoms with Crippen molar-refractivity contribution in [3.05, 3.63) is 28.8 Å². The Morgan fingerprint density at radius 2 is 2.25 bits per heavy atom. The predicted molar refractivity (Wildman–Crippen MR) is 49.1 cm³/mol. The van der Waals surface area contributed by atoms with Crippen molar-refractivity contribution in [2.45, 2.75) is 13.0 Å². The molecule has 5 heteroatoms. The summed E-state index contributed by atoms with van der Waals surface area (Å²) in [7, 11) is 0. The molecule has 68 valence electrons. The number of rotatable bonds is 1. The normalized spacial score (nSPS) is 12.0. The summed E-state index contributed by atoms with van der Waals surface area (Å²) in [6, 6.07) is 0.941. The van der Waals surface area contributed by atoms with Gasteiger partial charge < -0.3 is 5.73 Å². The predicted octanol–water partition coefficient (Wildman–Crippen LogP) is 2.32. The van der Waals surface area contributed by atoms with Crippen LogP contribution in [0.1, 0.15) is 18.7 Å². The summed E-state index contributed by atoms with van der Waals surface area (Å²) in [6.45, 7) is 1.74. The zero-order chi connectivity index (χ0) is 8.43. The highest BCUT2D eigenvalue weighted by atomic mass is 35.5. The molecule has 1 unspecified atom stereocenters. The van der Waals surface area contributed by atoms with Crippen molar-refractivity contribution >= 4 is 24.0 Å². The van der Waals surface area contributed by atoms with Crippen LogP contribution >= 0.6 is 24.0 Å². The Kier molecular flexibility index (Phi) is 4.45. The number of aromatic nitrogens is 1. The Balaban J connectivity index is 0.00000121. The molecule has 1 aromatic rings. The molecule has 2 nitrogen and oxygen atoms in total. The molecule has 2 N–H and O–H groups in total. The van der Waals surface area contributed by atoms with Gasteiger partial charge in [-0.15, -0.1) is 12.4 Å². The van der Waals surface area contributed by atoms with Crippen LogP contribution in [0, 0.1) is 5.82 Å². The summed E-state index contributed by atoms with van der Waals surface area (Å²) in [5.74, 6) is -0.445. The maximum atomic E-state index is 12.4. The lowest BCUT2D eigenvalue weighted by molar-refractivity contribution is 0.616. The van der Waals surface area contributed by atoms with Crippen LogP contribution in [-0.4, -0.2) is 4.98 Å². The van der Waals surface area contributed by atoms with E-state index in [2.05, 4.69) is 4.98 Å². The van der Waals surface area contributed by atoms with Crippen LogP contribution < -0.4 is 5.73 Å². The summed E-state index contributed by atoms with van der Waals surface area (Å²) in [5, 5.41) is 0.278. The molecule has 0 saturated heterocycles. The maximum Gasteiger partial charge on any atom is 0.142 e. The van der Waals surface area contributed by atoms with Crippen LogP contribution in [0.15, 0.2) is 12.3 Å². The van der Waals surface area contributed by atoms with E-state index in [0.717, 1.165) is 6.20 Å². The highest BCUT2D eigenvalue weighted by Gasteiger charge is 2.06. The van der Waals surface area contributed by atoms with E-state index < -0.39 is 5.82 Å². The van der Waals surface area contributed by atoms with Crippen molar-refractivity contribution in [1.82, 2.24) is 4.98 Å². The first kappa shape index (κ1) is 11.6. The molecule has 0 saturated carbocycles. The van der Waals surface area contributed by atoms with E-state index in [0.29, 0.717) is 5.69 Å². The van der Waals surface area contributed by atoms with Gasteiger partial charge in [0.05, 0.1) is 16.9 Å². The number of nitrogens with zero attached hydrogens (tertiary/aromatic N) is 1. The minimum Gasteiger partial charge on any atom is -0.323 e. The van der Waals surface area contributed by atoms with Crippen LogP contribution in [0.3, 0.4) is 0 Å². The molecular weight excluding hydrogens is 202 g/mol. The van der Waals surface area contributed by atoms with Crippen LogP contribution in [0.25, 0.3) is 0 Å². The van der Waals surface area contributed by atoms with E-state index in [4.69, 9.17) is 17.3 Å². The molecular formula is C7H9Cl2FN2. The zero-order valence-corrected chi connectivity index (χ0v) is 7.99. The van der Waals surface area contributed by atoms with Crippen molar-refractivity contribution in [3.63, 3.8) is 0 Å². The SMILES string of the molecule is CC(N)c1ncc(F)cc1Cl.Cl. The summed E-state index contributed by atoms with van der Waals surface area (Å²) in [5.41, 5.74) is 6.02. The fourth-order valence-electron chi connectivity index (χ4n) is 0.760. The highest BCUT2D eigenvalue weighted by molar-refractivity contribution is 6.31. The highest BCUT2D eigenvalue weighted by Crippen LogP contribution is 2.18. The molecule has 1 atom stereocenters. The Bertz CT molecular complexity index is 266. The van der Waals surface area contributed by atoms with E-state index in [-0.39, 0.29) is 23.5 Å². The van der Waals surface area contributed by atoms with Gasteiger partial charge in [0.1, 0.15) is 5.82 Å². The van der Waals surface area contributed by atoms with Gasteiger partial charge in [0.2, 0.25) is 0 Å². The Labute approximate surface area is 81.3 Å². The lowest BCUT2D eigenvalue weighted by Gasteiger charge is -2.05. The van der Waals surface area contributed by atoms with Crippen LogP contribution in [0.2, 0.25) is 5.02 Å². The van der Waals surface area contributed by atoms with Crippen molar-refractivity contribution in [2.75, 3.05) is 0 Å². The van der Waals surface area contributed by atoms with Crippen molar-refractivity contribution in [3.8, 4) is 0 Å². The third kappa shape index (κ3) is 2.59. The Morgan fingerprint density at radius 1 is 1.67 bits per heavy atom. The van der Waals surface area contributed by atoms with Crippen LogP contribution in [0.5, 0.6) is 0 Å². The van der Waals surface area contributed by atoms with Gasteiger partial charge in [-0.1, -0.05) is 11.6 Å². The number of hydrogen-bond acceptors (Lipinski definition) is 2. The average Bonchev–Trinajstić information content (AvgIpc) is 1.85. The molecule has 0 aromatic carbocycles. The van der Waals surface area contributed by atoms with Crippen LogP contribution in [-0.2, 0) is 0 Å². The summed E-state index contributed by atoms with van der Waals surface area (Å²) >= 11 is 5.64. The summed E-state index contributed by atoms with van der Waals surface area (Å²) < 4.78 is 12.4. The third-order valence-corrected chi connectivity index (χ3v) is 1.57. The zero-order valence-electron chi connectivity index (χ0n) is 6.42. The van der Waals surface area contributed by atoms with E-state index in [9.17, 15) is 4.39 Å². The average molecular weight is 211 g/mol. The van der Waals surface area contributed by atoms with Gasteiger partial charge >= 0.3 is 0 Å². The van der Waals surface area contributed by atoms with E-state index in [1.54, 1.807) is 6.92 Å². The third-order valence-electron chi connectivity index (χ3n) is 1.27. The van der Waals surface area contributed by atoms with Crippen LogP contribution in [0.4, 0.5) is 4.39 Å². The fraction of sp³-hybridized carbons (Fsp3) is 0.286. The molecule has 0 radical (unpaired) electrons. The lowest BCUT2D eigenvalue weighted by atomic mass is 10.2. The van der Waals surface area contributed by atoms with Gasteiger partial charge in [0.15, 0.2) is 0 Å². The fourth-order valence-corrected chi connectivity index (χ4v) is 1.09. The summed E-state index contributed by atoms with van der Waals surface area (Å²) in [4.78, 5) is 3.75. The molecule has 0 aliphatic carbocycles. The summed E-state index contributed by atoms with van der Waals surface area (Å²) in [6.07, 6.45) is 1.10. The molecule has 0 spiro atoms.